The van der Waals surface area contributed by atoms with Crippen molar-refractivity contribution in [3.05, 3.63) is 0 Å². The van der Waals surface area contributed by atoms with Gasteiger partial charge in [-0.3, -0.25) is 37.3 Å². The molecule has 558 valence electrons. The van der Waals surface area contributed by atoms with E-state index in [0.29, 0.717) is 25.7 Å². The number of hydrogen-bond donors (Lipinski definition) is 3. The van der Waals surface area contributed by atoms with Crippen molar-refractivity contribution in [2.75, 3.05) is 39.6 Å². The summed E-state index contributed by atoms with van der Waals surface area (Å²) in [6.07, 6.45) is 54.2. The predicted octanol–water partition coefficient (Wildman–Crippen LogP) is 21.9. The molecule has 0 heterocycles. The Morgan fingerprint density at radius 3 is 0.755 bits per heavy atom. The highest BCUT2D eigenvalue weighted by Crippen LogP contribution is 2.45. The molecule has 0 aliphatic carbocycles. The summed E-state index contributed by atoms with van der Waals surface area (Å²) < 4.78 is 68.5. The zero-order valence-electron chi connectivity index (χ0n) is 61.3. The maximum atomic E-state index is 13.1. The maximum Gasteiger partial charge on any atom is 0.472 e. The molecule has 0 aliphatic rings. The van der Waals surface area contributed by atoms with Gasteiger partial charge in [0.05, 0.1) is 26.4 Å². The summed E-state index contributed by atoms with van der Waals surface area (Å²) in [5.41, 5.74) is 0. The molecule has 4 unspecified atom stereocenters. The van der Waals surface area contributed by atoms with Gasteiger partial charge in [0, 0.05) is 25.7 Å². The molecule has 0 bridgehead atoms. The first-order chi connectivity index (χ1) is 45.4. The first-order valence-electron chi connectivity index (χ1n) is 39.1. The van der Waals surface area contributed by atoms with Crippen LogP contribution in [0.2, 0.25) is 0 Å². The quantitative estimate of drug-likeness (QED) is 0.0222. The van der Waals surface area contributed by atoms with Crippen LogP contribution in [0.4, 0.5) is 0 Å². The summed E-state index contributed by atoms with van der Waals surface area (Å²) in [7, 11) is -9.91. The Hall–Kier alpha value is -1.94. The molecule has 3 N–H and O–H groups in total. The van der Waals surface area contributed by atoms with E-state index in [1.807, 2.05) is 0 Å². The summed E-state index contributed by atoms with van der Waals surface area (Å²) in [5, 5.41) is 10.6. The average molecular weight is 1380 g/mol. The van der Waals surface area contributed by atoms with Gasteiger partial charge < -0.3 is 33.8 Å². The molecule has 0 aliphatic heterocycles. The van der Waals surface area contributed by atoms with Crippen LogP contribution in [-0.2, 0) is 65.4 Å². The number of unbranched alkanes of at least 4 members (excludes halogenated alkanes) is 42. The lowest BCUT2D eigenvalue weighted by Crippen LogP contribution is -2.30. The standard InChI is InChI=1S/C75H146O17P2/c1-7-11-13-15-17-19-21-23-25-27-28-30-32-34-36-38-47-53-59-74(79)91-70(63-85-72(77)57-51-45-37-35-33-31-29-26-24-22-20-18-16-14-12-8-2)65-89-93(81,82)87-61-69(76)62-88-94(83,84)90-66-71(92-75(80)60-54-48-42-40-44-50-56-68(6)10-4)64-86-73(78)58-52-46-41-39-43-49-55-67(5)9-3/h67-71,76H,7-66H2,1-6H3,(H,81,82)(H,83,84)/t67?,68?,69-,70-,71-/m1/s1. The fourth-order valence-corrected chi connectivity index (χ4v) is 13.0. The first kappa shape index (κ1) is 92.1. The Bertz CT molecular complexity index is 1820. The number of esters is 4. The number of carbonyl (C=O) groups is 4. The third kappa shape index (κ3) is 66.0. The van der Waals surface area contributed by atoms with Crippen LogP contribution in [0.3, 0.4) is 0 Å². The zero-order valence-corrected chi connectivity index (χ0v) is 63.1. The molecular formula is C75H146O17P2. The average Bonchev–Trinajstić information content (AvgIpc) is 1.99. The van der Waals surface area contributed by atoms with Crippen LogP contribution in [0.15, 0.2) is 0 Å². The number of rotatable bonds is 74. The van der Waals surface area contributed by atoms with Gasteiger partial charge in [0.1, 0.15) is 19.3 Å². The Labute approximate surface area is 575 Å². The van der Waals surface area contributed by atoms with Crippen LogP contribution in [0.1, 0.15) is 388 Å². The van der Waals surface area contributed by atoms with Crippen LogP contribution in [0.25, 0.3) is 0 Å². The molecule has 0 fully saturated rings. The minimum atomic E-state index is -4.96. The minimum absolute atomic E-state index is 0.102. The lowest BCUT2D eigenvalue weighted by molar-refractivity contribution is -0.161. The van der Waals surface area contributed by atoms with Gasteiger partial charge in [0.25, 0.3) is 0 Å². The van der Waals surface area contributed by atoms with E-state index in [0.717, 1.165) is 108 Å². The Morgan fingerprint density at radius 1 is 0.298 bits per heavy atom. The molecule has 17 nitrogen and oxygen atoms in total. The number of carbonyl (C=O) groups excluding carboxylic acids is 4. The topological polar surface area (TPSA) is 237 Å². The van der Waals surface area contributed by atoms with Gasteiger partial charge >= 0.3 is 39.5 Å². The van der Waals surface area contributed by atoms with Gasteiger partial charge in [0.2, 0.25) is 0 Å². The monoisotopic (exact) mass is 1380 g/mol. The Balaban J connectivity index is 5.23. The molecule has 0 spiro atoms. The summed E-state index contributed by atoms with van der Waals surface area (Å²) in [6.45, 7) is 9.50. The molecule has 19 heteroatoms. The number of phosphoric ester groups is 2. The first-order valence-corrected chi connectivity index (χ1v) is 42.1. The molecule has 94 heavy (non-hydrogen) atoms. The number of hydrogen-bond acceptors (Lipinski definition) is 15. The van der Waals surface area contributed by atoms with Gasteiger partial charge in [-0.25, -0.2) is 9.13 Å². The third-order valence-electron chi connectivity index (χ3n) is 18.2. The van der Waals surface area contributed by atoms with E-state index >= 15 is 0 Å². The second-order valence-electron chi connectivity index (χ2n) is 27.5. The highest BCUT2D eigenvalue weighted by Gasteiger charge is 2.30. The molecule has 7 atom stereocenters. The van der Waals surface area contributed by atoms with Gasteiger partial charge in [-0.2, -0.15) is 0 Å². The molecule has 0 amide bonds. The van der Waals surface area contributed by atoms with E-state index in [9.17, 15) is 43.2 Å². The van der Waals surface area contributed by atoms with Crippen molar-refractivity contribution in [3.8, 4) is 0 Å². The molecule has 0 aromatic heterocycles. The van der Waals surface area contributed by atoms with Crippen LogP contribution >= 0.6 is 15.6 Å². The summed E-state index contributed by atoms with van der Waals surface area (Å²) >= 11 is 0. The predicted molar refractivity (Wildman–Crippen MR) is 381 cm³/mol. The highest BCUT2D eigenvalue weighted by molar-refractivity contribution is 7.47. The highest BCUT2D eigenvalue weighted by atomic mass is 31.2. The van der Waals surface area contributed by atoms with Crippen LogP contribution < -0.4 is 0 Å². The van der Waals surface area contributed by atoms with Gasteiger partial charge in [-0.1, -0.05) is 337 Å². The number of aliphatic hydroxyl groups is 1. The SMILES string of the molecule is CCCCCCCCCCCCCCCCCCCCC(=O)O[C@H](COC(=O)CCCCCCCCCCCCCCCCCC)COP(=O)(O)OC[C@@H](O)COP(=O)(O)OC[C@@H](COC(=O)CCCCCCCCC(C)CC)OC(=O)CCCCCCCCC(C)CC. The van der Waals surface area contributed by atoms with Crippen molar-refractivity contribution >= 4 is 39.5 Å². The van der Waals surface area contributed by atoms with E-state index in [-0.39, 0.29) is 25.7 Å². The van der Waals surface area contributed by atoms with Gasteiger partial charge in [0.15, 0.2) is 12.2 Å². The third-order valence-corrected chi connectivity index (χ3v) is 20.1. The van der Waals surface area contributed by atoms with Crippen LogP contribution in [-0.4, -0.2) is 96.7 Å². The second-order valence-corrected chi connectivity index (χ2v) is 30.4. The van der Waals surface area contributed by atoms with Crippen molar-refractivity contribution < 1.29 is 80.2 Å². The number of phosphoric acid groups is 2. The molecule has 0 aromatic carbocycles. The van der Waals surface area contributed by atoms with E-state index in [4.69, 9.17) is 37.0 Å². The normalized spacial score (nSPS) is 14.6. The number of aliphatic hydroxyl groups excluding tert-OH is 1. The molecule has 0 saturated carbocycles. The van der Waals surface area contributed by atoms with Gasteiger partial charge in [-0.05, 0) is 37.5 Å². The fraction of sp³-hybridized carbons (Fsp3) is 0.947. The van der Waals surface area contributed by atoms with Gasteiger partial charge in [-0.15, -0.1) is 0 Å². The van der Waals surface area contributed by atoms with E-state index < -0.39 is 97.5 Å². The van der Waals surface area contributed by atoms with Crippen LogP contribution in [0.5, 0.6) is 0 Å². The summed E-state index contributed by atoms with van der Waals surface area (Å²) in [5.74, 6) is -0.670. The molecule has 0 radical (unpaired) electrons. The minimum Gasteiger partial charge on any atom is -0.462 e. The fourth-order valence-electron chi connectivity index (χ4n) is 11.4. The largest absolute Gasteiger partial charge is 0.472 e. The van der Waals surface area contributed by atoms with Crippen molar-refractivity contribution in [1.82, 2.24) is 0 Å². The summed E-state index contributed by atoms with van der Waals surface area (Å²) in [4.78, 5) is 72.7. The van der Waals surface area contributed by atoms with E-state index in [2.05, 4.69) is 41.5 Å². The number of ether oxygens (including phenoxy) is 4. The molecule has 0 aromatic rings. The molecule has 0 rings (SSSR count). The maximum absolute atomic E-state index is 13.1. The smallest absolute Gasteiger partial charge is 0.462 e. The molecular weight excluding hydrogens is 1230 g/mol. The van der Waals surface area contributed by atoms with E-state index in [1.54, 1.807) is 0 Å². The van der Waals surface area contributed by atoms with Crippen LogP contribution in [0, 0.1) is 11.8 Å². The summed E-state index contributed by atoms with van der Waals surface area (Å²) in [6, 6.07) is 0. The lowest BCUT2D eigenvalue weighted by Gasteiger charge is -2.21. The lowest BCUT2D eigenvalue weighted by atomic mass is 10.00. The Morgan fingerprint density at radius 2 is 0.511 bits per heavy atom. The second kappa shape index (κ2) is 66.9. The van der Waals surface area contributed by atoms with Crippen molar-refractivity contribution in [2.24, 2.45) is 11.8 Å². The Kier molecular flexibility index (Phi) is 65.5. The molecule has 0 saturated heterocycles. The van der Waals surface area contributed by atoms with Crippen molar-refractivity contribution in [2.45, 2.75) is 407 Å². The van der Waals surface area contributed by atoms with Crippen molar-refractivity contribution in [1.29, 1.82) is 0 Å². The van der Waals surface area contributed by atoms with Crippen molar-refractivity contribution in [3.63, 3.8) is 0 Å². The van der Waals surface area contributed by atoms with E-state index in [1.165, 1.54) is 199 Å². The zero-order chi connectivity index (χ0) is 69.3.